The lowest BCUT2D eigenvalue weighted by Gasteiger charge is -2.09. The summed E-state index contributed by atoms with van der Waals surface area (Å²) < 4.78 is 7.54. The SMILES string of the molecule is C=C(C)Cn1c(=O)n(C)c(=O)c2c(C)c(C(=O)OCC)sc21. The van der Waals surface area contributed by atoms with Crippen molar-refractivity contribution >= 4 is 27.5 Å². The number of rotatable bonds is 4. The van der Waals surface area contributed by atoms with Gasteiger partial charge in [0.1, 0.15) is 9.71 Å². The van der Waals surface area contributed by atoms with Gasteiger partial charge in [-0.3, -0.25) is 13.9 Å². The molecule has 0 radical (unpaired) electrons. The van der Waals surface area contributed by atoms with E-state index in [0.29, 0.717) is 27.2 Å². The van der Waals surface area contributed by atoms with Gasteiger partial charge in [0.15, 0.2) is 0 Å². The molecule has 0 N–H and O–H groups in total. The van der Waals surface area contributed by atoms with Crippen LogP contribution < -0.4 is 11.2 Å². The molecule has 2 rings (SSSR count). The second-order valence-corrected chi connectivity index (χ2v) is 6.15. The third-order valence-electron chi connectivity index (χ3n) is 3.30. The molecule has 0 aliphatic heterocycles. The lowest BCUT2D eigenvalue weighted by molar-refractivity contribution is 0.0531. The molecule has 7 heteroatoms. The number of aryl methyl sites for hydroxylation is 1. The van der Waals surface area contributed by atoms with Crippen LogP contribution in [0.15, 0.2) is 21.7 Å². The van der Waals surface area contributed by atoms with E-state index < -0.39 is 17.2 Å². The molecule has 2 heterocycles. The zero-order valence-corrected chi connectivity index (χ0v) is 13.9. The Balaban J connectivity index is 2.89. The van der Waals surface area contributed by atoms with Crippen LogP contribution in [0, 0.1) is 6.92 Å². The minimum atomic E-state index is -0.474. The van der Waals surface area contributed by atoms with Crippen molar-refractivity contribution in [2.45, 2.75) is 27.3 Å². The van der Waals surface area contributed by atoms with E-state index in [-0.39, 0.29) is 6.61 Å². The number of nitrogens with zero attached hydrogens (tertiary/aromatic N) is 2. The molecule has 0 aromatic carbocycles. The molecule has 0 unspecified atom stereocenters. The molecule has 0 saturated heterocycles. The van der Waals surface area contributed by atoms with Gasteiger partial charge in [-0.25, -0.2) is 9.59 Å². The summed E-state index contributed by atoms with van der Waals surface area (Å²) in [5.41, 5.74) is 0.514. The second kappa shape index (κ2) is 5.92. The van der Waals surface area contributed by atoms with Gasteiger partial charge in [0.05, 0.1) is 12.0 Å². The first-order chi connectivity index (χ1) is 10.3. The fraction of sp³-hybridized carbons (Fsp3) is 0.400. The van der Waals surface area contributed by atoms with Crippen LogP contribution >= 0.6 is 11.3 Å². The summed E-state index contributed by atoms with van der Waals surface area (Å²) in [5, 5.41) is 0.386. The Morgan fingerprint density at radius 1 is 1.36 bits per heavy atom. The minimum absolute atomic E-state index is 0.253. The first-order valence-corrected chi connectivity index (χ1v) is 7.65. The summed E-state index contributed by atoms with van der Waals surface area (Å²) in [4.78, 5) is 37.6. The fourth-order valence-electron chi connectivity index (χ4n) is 2.26. The summed E-state index contributed by atoms with van der Waals surface area (Å²) in [6.45, 7) is 9.58. The van der Waals surface area contributed by atoms with Crippen LogP contribution in [0.2, 0.25) is 0 Å². The van der Waals surface area contributed by atoms with Crippen molar-refractivity contribution in [3.05, 3.63) is 43.4 Å². The average molecular weight is 322 g/mol. The van der Waals surface area contributed by atoms with Gasteiger partial charge in [0.25, 0.3) is 5.56 Å². The number of ether oxygens (including phenoxy) is 1. The molecule has 0 spiro atoms. The molecular weight excluding hydrogens is 304 g/mol. The molecule has 2 aromatic rings. The van der Waals surface area contributed by atoms with Gasteiger partial charge in [0, 0.05) is 13.6 Å². The maximum Gasteiger partial charge on any atom is 0.348 e. The van der Waals surface area contributed by atoms with Crippen LogP contribution in [0.5, 0.6) is 0 Å². The van der Waals surface area contributed by atoms with Crippen LogP contribution in [0.1, 0.15) is 29.1 Å². The van der Waals surface area contributed by atoms with E-state index in [0.717, 1.165) is 21.5 Å². The zero-order valence-electron chi connectivity index (χ0n) is 13.1. The van der Waals surface area contributed by atoms with Gasteiger partial charge in [-0.1, -0.05) is 12.2 Å². The molecule has 0 aliphatic rings. The molecule has 0 fully saturated rings. The molecule has 0 aliphatic carbocycles. The van der Waals surface area contributed by atoms with Crippen molar-refractivity contribution < 1.29 is 9.53 Å². The topological polar surface area (TPSA) is 70.3 Å². The summed E-state index contributed by atoms with van der Waals surface area (Å²) in [6, 6.07) is 0. The Labute approximate surface area is 131 Å². The highest BCUT2D eigenvalue weighted by Gasteiger charge is 2.22. The van der Waals surface area contributed by atoms with Gasteiger partial charge >= 0.3 is 11.7 Å². The summed E-state index contributed by atoms with van der Waals surface area (Å²) in [7, 11) is 1.43. The van der Waals surface area contributed by atoms with Crippen LogP contribution in [0.4, 0.5) is 0 Å². The molecule has 6 nitrogen and oxygen atoms in total. The van der Waals surface area contributed by atoms with Crippen molar-refractivity contribution in [1.29, 1.82) is 0 Å². The summed E-state index contributed by atoms with van der Waals surface area (Å²) in [6.07, 6.45) is 0. The molecule has 0 amide bonds. The predicted octanol–water partition coefficient (Wildman–Crippen LogP) is 1.82. The van der Waals surface area contributed by atoms with Crippen LogP contribution in [-0.2, 0) is 18.3 Å². The molecule has 22 heavy (non-hydrogen) atoms. The summed E-state index contributed by atoms with van der Waals surface area (Å²) in [5.74, 6) is -0.474. The van der Waals surface area contributed by atoms with Gasteiger partial charge in [0.2, 0.25) is 0 Å². The Morgan fingerprint density at radius 2 is 2.00 bits per heavy atom. The van der Waals surface area contributed by atoms with Crippen molar-refractivity contribution in [1.82, 2.24) is 9.13 Å². The Hall–Kier alpha value is -2.15. The minimum Gasteiger partial charge on any atom is -0.462 e. The highest BCUT2D eigenvalue weighted by Crippen LogP contribution is 2.28. The van der Waals surface area contributed by atoms with Crippen molar-refractivity contribution in [3.63, 3.8) is 0 Å². The zero-order chi connectivity index (χ0) is 16.6. The number of allylic oxidation sites excluding steroid dienone is 1. The van der Waals surface area contributed by atoms with Crippen LogP contribution in [-0.4, -0.2) is 21.7 Å². The Kier molecular flexibility index (Phi) is 4.37. The average Bonchev–Trinajstić information content (AvgIpc) is 2.79. The molecule has 0 atom stereocenters. The number of fused-ring (bicyclic) bond motifs is 1. The molecule has 118 valence electrons. The number of hydrogen-bond donors (Lipinski definition) is 0. The van der Waals surface area contributed by atoms with Crippen molar-refractivity contribution in [2.24, 2.45) is 7.05 Å². The number of esters is 1. The van der Waals surface area contributed by atoms with Crippen molar-refractivity contribution in [3.8, 4) is 0 Å². The number of aromatic nitrogens is 2. The maximum atomic E-state index is 12.4. The van der Waals surface area contributed by atoms with E-state index in [9.17, 15) is 14.4 Å². The third-order valence-corrected chi connectivity index (χ3v) is 4.59. The van der Waals surface area contributed by atoms with E-state index >= 15 is 0 Å². The van der Waals surface area contributed by atoms with Crippen LogP contribution in [0.3, 0.4) is 0 Å². The maximum absolute atomic E-state index is 12.4. The van der Waals surface area contributed by atoms with Gasteiger partial charge in [-0.05, 0) is 26.3 Å². The van der Waals surface area contributed by atoms with E-state index in [1.165, 1.54) is 11.6 Å². The van der Waals surface area contributed by atoms with Crippen molar-refractivity contribution in [2.75, 3.05) is 6.61 Å². The van der Waals surface area contributed by atoms with E-state index in [1.807, 2.05) is 0 Å². The van der Waals surface area contributed by atoms with E-state index in [2.05, 4.69) is 6.58 Å². The highest BCUT2D eigenvalue weighted by atomic mass is 32.1. The molecule has 0 saturated carbocycles. The monoisotopic (exact) mass is 322 g/mol. The lowest BCUT2D eigenvalue weighted by Crippen LogP contribution is -2.38. The quantitative estimate of drug-likeness (QED) is 0.636. The Morgan fingerprint density at radius 3 is 2.55 bits per heavy atom. The lowest BCUT2D eigenvalue weighted by atomic mass is 10.2. The van der Waals surface area contributed by atoms with E-state index in [4.69, 9.17) is 4.74 Å². The number of thiophene rings is 1. The van der Waals surface area contributed by atoms with Gasteiger partial charge < -0.3 is 4.74 Å². The molecule has 0 bridgehead atoms. The van der Waals surface area contributed by atoms with Gasteiger partial charge in [-0.15, -0.1) is 11.3 Å². The number of carbonyl (C=O) groups is 1. The fourth-order valence-corrected chi connectivity index (χ4v) is 3.45. The summed E-state index contributed by atoms with van der Waals surface area (Å²) >= 11 is 1.11. The Bertz CT molecular complexity index is 886. The number of hydrogen-bond acceptors (Lipinski definition) is 5. The molecule has 2 aromatic heterocycles. The largest absolute Gasteiger partial charge is 0.462 e. The number of carbonyl (C=O) groups excluding carboxylic acids is 1. The second-order valence-electron chi connectivity index (χ2n) is 5.15. The molecular formula is C15H18N2O4S. The van der Waals surface area contributed by atoms with Gasteiger partial charge in [-0.2, -0.15) is 0 Å². The first-order valence-electron chi connectivity index (χ1n) is 6.84. The van der Waals surface area contributed by atoms with E-state index in [1.54, 1.807) is 20.8 Å². The third kappa shape index (κ3) is 2.52. The smallest absolute Gasteiger partial charge is 0.348 e. The first kappa shape index (κ1) is 16.2. The normalized spacial score (nSPS) is 10.9. The highest BCUT2D eigenvalue weighted by molar-refractivity contribution is 7.20. The standard InChI is InChI=1S/C15H18N2O4S/c1-6-21-14(19)11-9(4)10-12(18)16(5)15(20)17(7-8(2)3)13(10)22-11/h2,6-7H2,1,3-5H3. The van der Waals surface area contributed by atoms with Crippen LogP contribution in [0.25, 0.3) is 10.2 Å². The predicted molar refractivity (Wildman–Crippen MR) is 86.8 cm³/mol.